The topological polar surface area (TPSA) is 56.1 Å². The lowest BCUT2D eigenvalue weighted by molar-refractivity contribution is 0.232. The molecule has 2 rings (SSSR count). The molecule has 15 heavy (non-hydrogen) atoms. The average molecular weight is 266 g/mol. The third kappa shape index (κ3) is 1.95. The second kappa shape index (κ2) is 3.91. The standard InChI is InChI=1S/C10H8BrN3O/c11-8-3-1-2-7(4-8)9-5-14(6-12)10(15)13-9/h1-4,9H,5H2,(H,13,15). The highest BCUT2D eigenvalue weighted by atomic mass is 79.9. The van der Waals surface area contributed by atoms with Gasteiger partial charge in [-0.1, -0.05) is 28.1 Å². The number of benzene rings is 1. The normalized spacial score (nSPS) is 19.9. The molecule has 0 spiro atoms. The van der Waals surface area contributed by atoms with Crippen molar-refractivity contribution < 1.29 is 4.79 Å². The van der Waals surface area contributed by atoms with Crippen molar-refractivity contribution in [1.82, 2.24) is 10.2 Å². The van der Waals surface area contributed by atoms with E-state index < -0.39 is 0 Å². The van der Waals surface area contributed by atoms with Crippen molar-refractivity contribution in [2.45, 2.75) is 6.04 Å². The zero-order valence-electron chi connectivity index (χ0n) is 7.77. The lowest BCUT2D eigenvalue weighted by Crippen LogP contribution is -2.23. The number of urea groups is 1. The molecule has 1 aromatic rings. The van der Waals surface area contributed by atoms with Gasteiger partial charge in [0.2, 0.25) is 0 Å². The predicted octanol–water partition coefficient (Wildman–Crippen LogP) is 2.00. The average Bonchev–Trinajstić information content (AvgIpc) is 2.60. The molecule has 1 aliphatic rings. The Hall–Kier alpha value is -1.54. The molecule has 1 fully saturated rings. The molecule has 1 saturated heterocycles. The first-order chi connectivity index (χ1) is 7.20. The van der Waals surface area contributed by atoms with E-state index in [1.54, 1.807) is 0 Å². The van der Waals surface area contributed by atoms with Crippen molar-refractivity contribution in [3.8, 4) is 6.19 Å². The summed E-state index contributed by atoms with van der Waals surface area (Å²) in [6, 6.07) is 7.25. The van der Waals surface area contributed by atoms with Gasteiger partial charge >= 0.3 is 6.03 Å². The first-order valence-electron chi connectivity index (χ1n) is 4.44. The number of carbonyl (C=O) groups is 1. The summed E-state index contributed by atoms with van der Waals surface area (Å²) in [5.41, 5.74) is 0.996. The number of nitriles is 1. The molecule has 5 heteroatoms. The summed E-state index contributed by atoms with van der Waals surface area (Å²) in [4.78, 5) is 12.4. The van der Waals surface area contributed by atoms with E-state index in [2.05, 4.69) is 21.2 Å². The maximum absolute atomic E-state index is 11.3. The van der Waals surface area contributed by atoms with Gasteiger partial charge < -0.3 is 5.32 Å². The molecule has 1 N–H and O–H groups in total. The van der Waals surface area contributed by atoms with Crippen LogP contribution in [0, 0.1) is 11.5 Å². The molecule has 1 atom stereocenters. The summed E-state index contributed by atoms with van der Waals surface area (Å²) in [7, 11) is 0. The fourth-order valence-electron chi connectivity index (χ4n) is 1.54. The second-order valence-electron chi connectivity index (χ2n) is 3.27. The van der Waals surface area contributed by atoms with Crippen molar-refractivity contribution >= 4 is 22.0 Å². The van der Waals surface area contributed by atoms with Gasteiger partial charge in [0.05, 0.1) is 12.6 Å². The maximum atomic E-state index is 11.3. The third-order valence-corrected chi connectivity index (χ3v) is 2.77. The Morgan fingerprint density at radius 1 is 1.60 bits per heavy atom. The van der Waals surface area contributed by atoms with Gasteiger partial charge in [0.25, 0.3) is 0 Å². The summed E-state index contributed by atoms with van der Waals surface area (Å²) < 4.78 is 0.963. The van der Waals surface area contributed by atoms with Crippen molar-refractivity contribution in [2.24, 2.45) is 0 Å². The number of halogens is 1. The van der Waals surface area contributed by atoms with Crippen molar-refractivity contribution in [3.63, 3.8) is 0 Å². The minimum Gasteiger partial charge on any atom is -0.328 e. The molecule has 1 aliphatic heterocycles. The highest BCUT2D eigenvalue weighted by molar-refractivity contribution is 9.10. The Morgan fingerprint density at radius 3 is 3.00 bits per heavy atom. The maximum Gasteiger partial charge on any atom is 0.331 e. The summed E-state index contributed by atoms with van der Waals surface area (Å²) in [6.07, 6.45) is 1.84. The predicted molar refractivity (Wildman–Crippen MR) is 57.7 cm³/mol. The zero-order chi connectivity index (χ0) is 10.8. The monoisotopic (exact) mass is 265 g/mol. The smallest absolute Gasteiger partial charge is 0.328 e. The molecule has 4 nitrogen and oxygen atoms in total. The van der Waals surface area contributed by atoms with Crippen LogP contribution in [0.2, 0.25) is 0 Å². The van der Waals surface area contributed by atoms with Crippen molar-refractivity contribution in [3.05, 3.63) is 34.3 Å². The van der Waals surface area contributed by atoms with Crippen LogP contribution in [0.5, 0.6) is 0 Å². The largest absolute Gasteiger partial charge is 0.331 e. The van der Waals surface area contributed by atoms with Gasteiger partial charge in [-0.2, -0.15) is 5.26 Å². The highest BCUT2D eigenvalue weighted by Crippen LogP contribution is 2.22. The molecule has 2 amide bonds. The van der Waals surface area contributed by atoms with E-state index in [9.17, 15) is 4.79 Å². The Kier molecular flexibility index (Phi) is 2.60. The van der Waals surface area contributed by atoms with E-state index in [1.807, 2.05) is 30.5 Å². The first kappa shape index (κ1) is 9.99. The third-order valence-electron chi connectivity index (χ3n) is 2.28. The number of rotatable bonds is 1. The highest BCUT2D eigenvalue weighted by Gasteiger charge is 2.29. The van der Waals surface area contributed by atoms with Crippen LogP contribution < -0.4 is 5.32 Å². The number of hydrogen-bond donors (Lipinski definition) is 1. The van der Waals surface area contributed by atoms with Gasteiger partial charge in [0.1, 0.15) is 0 Å². The van der Waals surface area contributed by atoms with Crippen LogP contribution >= 0.6 is 15.9 Å². The van der Waals surface area contributed by atoms with Crippen molar-refractivity contribution in [1.29, 1.82) is 5.26 Å². The Balaban J connectivity index is 2.21. The van der Waals surface area contributed by atoms with Crippen molar-refractivity contribution in [2.75, 3.05) is 6.54 Å². The molecule has 1 heterocycles. The molecule has 0 bridgehead atoms. The van der Waals surface area contributed by atoms with Gasteiger partial charge in [0.15, 0.2) is 6.19 Å². The van der Waals surface area contributed by atoms with Crippen LogP contribution in [-0.4, -0.2) is 17.5 Å². The Bertz CT molecular complexity index is 441. The number of hydrogen-bond acceptors (Lipinski definition) is 2. The van der Waals surface area contributed by atoms with Crippen LogP contribution in [-0.2, 0) is 0 Å². The summed E-state index contributed by atoms with van der Waals surface area (Å²) in [6.45, 7) is 0.395. The molecule has 0 radical (unpaired) electrons. The van der Waals surface area contributed by atoms with E-state index >= 15 is 0 Å². The van der Waals surface area contributed by atoms with E-state index in [1.165, 1.54) is 0 Å². The number of amides is 2. The molecule has 1 unspecified atom stereocenters. The molecular formula is C10H8BrN3O. The van der Waals surface area contributed by atoms with E-state index in [-0.39, 0.29) is 12.1 Å². The lowest BCUT2D eigenvalue weighted by Gasteiger charge is -2.08. The molecular weight excluding hydrogens is 258 g/mol. The lowest BCUT2D eigenvalue weighted by atomic mass is 10.1. The van der Waals surface area contributed by atoms with Crippen LogP contribution in [0.1, 0.15) is 11.6 Å². The number of nitrogens with zero attached hydrogens (tertiary/aromatic N) is 2. The van der Waals surface area contributed by atoms with Gasteiger partial charge in [0, 0.05) is 4.47 Å². The number of nitrogens with one attached hydrogen (secondary N) is 1. The molecule has 0 saturated carbocycles. The molecule has 1 aromatic carbocycles. The summed E-state index contributed by atoms with van der Waals surface area (Å²) >= 11 is 3.37. The van der Waals surface area contributed by atoms with Crippen LogP contribution in [0.25, 0.3) is 0 Å². The molecule has 76 valence electrons. The van der Waals surface area contributed by atoms with Gasteiger partial charge in [-0.3, -0.25) is 0 Å². The first-order valence-corrected chi connectivity index (χ1v) is 5.23. The summed E-state index contributed by atoms with van der Waals surface area (Å²) in [5.74, 6) is 0. The SMILES string of the molecule is N#CN1CC(c2cccc(Br)c2)NC1=O. The fraction of sp³-hybridized carbons (Fsp3) is 0.200. The zero-order valence-corrected chi connectivity index (χ0v) is 9.36. The van der Waals surface area contributed by atoms with Crippen LogP contribution in [0.4, 0.5) is 4.79 Å². The van der Waals surface area contributed by atoms with Gasteiger partial charge in [-0.25, -0.2) is 9.69 Å². The Labute approximate surface area is 95.6 Å². The van der Waals surface area contributed by atoms with Crippen LogP contribution in [0.15, 0.2) is 28.7 Å². The molecule has 0 aromatic heterocycles. The van der Waals surface area contributed by atoms with E-state index in [0.29, 0.717) is 6.54 Å². The quantitative estimate of drug-likeness (QED) is 0.790. The second-order valence-corrected chi connectivity index (χ2v) is 4.18. The van der Waals surface area contributed by atoms with Gasteiger partial charge in [-0.15, -0.1) is 0 Å². The minimum atomic E-state index is -0.331. The van der Waals surface area contributed by atoms with E-state index in [4.69, 9.17) is 5.26 Å². The van der Waals surface area contributed by atoms with E-state index in [0.717, 1.165) is 14.9 Å². The fourth-order valence-corrected chi connectivity index (χ4v) is 1.95. The minimum absolute atomic E-state index is 0.102. The summed E-state index contributed by atoms with van der Waals surface area (Å²) in [5, 5.41) is 11.4. The number of carbonyl (C=O) groups excluding carboxylic acids is 1. The van der Waals surface area contributed by atoms with Crippen LogP contribution in [0.3, 0.4) is 0 Å². The Morgan fingerprint density at radius 2 is 2.40 bits per heavy atom. The van der Waals surface area contributed by atoms with Gasteiger partial charge in [-0.05, 0) is 17.7 Å². The molecule has 0 aliphatic carbocycles.